The highest BCUT2D eigenvalue weighted by Gasteiger charge is 2.06. The summed E-state index contributed by atoms with van der Waals surface area (Å²) in [5.41, 5.74) is 4.89. The molecule has 0 saturated carbocycles. The molecule has 0 saturated heterocycles. The number of anilines is 2. The molecule has 0 unspecified atom stereocenters. The average Bonchev–Trinajstić information content (AvgIpc) is 2.82. The van der Waals surface area contributed by atoms with Gasteiger partial charge >= 0.3 is 0 Å². The third-order valence-corrected chi connectivity index (χ3v) is 4.10. The van der Waals surface area contributed by atoms with Gasteiger partial charge in [0.1, 0.15) is 0 Å². The van der Waals surface area contributed by atoms with Crippen molar-refractivity contribution in [1.29, 1.82) is 5.26 Å². The maximum absolute atomic E-state index is 8.97. The summed E-state index contributed by atoms with van der Waals surface area (Å²) in [5, 5.41) is 13.1. The highest BCUT2D eigenvalue weighted by molar-refractivity contribution is 7.22. The van der Waals surface area contributed by atoms with Crippen LogP contribution in [0, 0.1) is 25.2 Å². The second-order valence-electron chi connectivity index (χ2n) is 4.76. The van der Waals surface area contributed by atoms with Crippen LogP contribution in [0.1, 0.15) is 16.7 Å². The number of aromatic nitrogens is 1. The highest BCUT2D eigenvalue weighted by atomic mass is 32.1. The number of rotatable bonds is 2. The Bertz CT molecular complexity index is 827. The van der Waals surface area contributed by atoms with Gasteiger partial charge in [-0.3, -0.25) is 0 Å². The average molecular weight is 279 g/mol. The van der Waals surface area contributed by atoms with E-state index in [1.54, 1.807) is 11.3 Å². The molecular formula is C16H13N3S. The predicted molar refractivity (Wildman–Crippen MR) is 83.5 cm³/mol. The Morgan fingerprint density at radius 2 is 2.00 bits per heavy atom. The molecule has 0 radical (unpaired) electrons. The van der Waals surface area contributed by atoms with Crippen molar-refractivity contribution >= 4 is 32.4 Å². The predicted octanol–water partition coefficient (Wildman–Crippen LogP) is 4.53. The molecule has 0 atom stereocenters. The van der Waals surface area contributed by atoms with Gasteiger partial charge in [0.15, 0.2) is 5.13 Å². The molecule has 0 fully saturated rings. The van der Waals surface area contributed by atoms with Crippen LogP contribution in [0.2, 0.25) is 0 Å². The molecule has 1 aromatic heterocycles. The van der Waals surface area contributed by atoms with E-state index in [0.29, 0.717) is 5.56 Å². The summed E-state index contributed by atoms with van der Waals surface area (Å²) < 4.78 is 1.16. The molecule has 0 bridgehead atoms. The smallest absolute Gasteiger partial charge is 0.188 e. The summed E-state index contributed by atoms with van der Waals surface area (Å²) in [6.45, 7) is 4.08. The third-order valence-electron chi connectivity index (χ3n) is 3.15. The summed E-state index contributed by atoms with van der Waals surface area (Å²) >= 11 is 1.62. The van der Waals surface area contributed by atoms with E-state index in [0.717, 1.165) is 26.6 Å². The van der Waals surface area contributed by atoms with Gasteiger partial charge in [-0.05, 0) is 49.2 Å². The molecule has 2 aromatic carbocycles. The van der Waals surface area contributed by atoms with Gasteiger partial charge < -0.3 is 5.32 Å². The van der Waals surface area contributed by atoms with E-state index in [1.807, 2.05) is 25.1 Å². The van der Waals surface area contributed by atoms with E-state index in [1.165, 1.54) is 5.56 Å². The SMILES string of the molecule is Cc1ccc2sc(Nc3cc(C#N)ccc3C)nc2c1. The Hall–Kier alpha value is -2.38. The Balaban J connectivity index is 1.99. The van der Waals surface area contributed by atoms with Gasteiger partial charge in [0.05, 0.1) is 21.8 Å². The molecule has 1 N–H and O–H groups in total. The zero-order valence-electron chi connectivity index (χ0n) is 11.3. The fraction of sp³-hybridized carbons (Fsp3) is 0.125. The van der Waals surface area contributed by atoms with Crippen LogP contribution >= 0.6 is 11.3 Å². The molecule has 0 spiro atoms. The lowest BCUT2D eigenvalue weighted by molar-refractivity contribution is 1.37. The Labute approximate surface area is 121 Å². The minimum atomic E-state index is 0.648. The summed E-state index contributed by atoms with van der Waals surface area (Å²) in [6, 6.07) is 14.0. The molecule has 20 heavy (non-hydrogen) atoms. The normalized spacial score (nSPS) is 10.4. The fourth-order valence-electron chi connectivity index (χ4n) is 2.03. The largest absolute Gasteiger partial charge is 0.331 e. The number of hydrogen-bond acceptors (Lipinski definition) is 4. The summed E-state index contributed by atoms with van der Waals surface area (Å²) in [5.74, 6) is 0. The van der Waals surface area contributed by atoms with E-state index < -0.39 is 0 Å². The second kappa shape index (κ2) is 4.95. The first-order chi connectivity index (χ1) is 9.65. The van der Waals surface area contributed by atoms with E-state index >= 15 is 0 Å². The number of nitrogens with zero attached hydrogens (tertiary/aromatic N) is 2. The van der Waals surface area contributed by atoms with Gasteiger partial charge in [-0.25, -0.2) is 4.98 Å². The first-order valence-electron chi connectivity index (χ1n) is 6.31. The van der Waals surface area contributed by atoms with Crippen molar-refractivity contribution in [2.75, 3.05) is 5.32 Å². The van der Waals surface area contributed by atoms with E-state index in [-0.39, 0.29) is 0 Å². The molecule has 0 aliphatic heterocycles. The van der Waals surface area contributed by atoms with Crippen molar-refractivity contribution in [3.8, 4) is 6.07 Å². The Morgan fingerprint density at radius 1 is 1.15 bits per heavy atom. The highest BCUT2D eigenvalue weighted by Crippen LogP contribution is 2.30. The van der Waals surface area contributed by atoms with Crippen LogP contribution in [0.15, 0.2) is 36.4 Å². The van der Waals surface area contributed by atoms with Crippen molar-refractivity contribution in [3.05, 3.63) is 53.1 Å². The molecule has 3 aromatic rings. The first kappa shape index (κ1) is 12.6. The molecule has 1 heterocycles. The monoisotopic (exact) mass is 279 g/mol. The Kier molecular flexibility index (Phi) is 3.13. The first-order valence-corrected chi connectivity index (χ1v) is 7.12. The summed E-state index contributed by atoms with van der Waals surface area (Å²) in [4.78, 5) is 4.59. The third kappa shape index (κ3) is 2.36. The van der Waals surface area contributed by atoms with Gasteiger partial charge in [0.2, 0.25) is 0 Å². The lowest BCUT2D eigenvalue weighted by Gasteiger charge is -2.06. The quantitative estimate of drug-likeness (QED) is 0.749. The number of hydrogen-bond donors (Lipinski definition) is 1. The van der Waals surface area contributed by atoms with Crippen LogP contribution < -0.4 is 5.32 Å². The number of fused-ring (bicyclic) bond motifs is 1. The van der Waals surface area contributed by atoms with Crippen LogP contribution in [0.3, 0.4) is 0 Å². The van der Waals surface area contributed by atoms with Crippen LogP contribution in [0.4, 0.5) is 10.8 Å². The molecule has 98 valence electrons. The Morgan fingerprint density at radius 3 is 2.80 bits per heavy atom. The number of aryl methyl sites for hydroxylation is 2. The van der Waals surface area contributed by atoms with Crippen molar-refractivity contribution in [3.63, 3.8) is 0 Å². The van der Waals surface area contributed by atoms with Crippen LogP contribution in [-0.2, 0) is 0 Å². The lowest BCUT2D eigenvalue weighted by Crippen LogP contribution is -1.93. The van der Waals surface area contributed by atoms with E-state index in [2.05, 4.69) is 41.5 Å². The zero-order valence-corrected chi connectivity index (χ0v) is 12.1. The standard InChI is InChI=1S/C16H13N3S/c1-10-3-6-15-14(7-10)19-16(20-15)18-13-8-12(9-17)5-4-11(13)2/h3-8H,1-2H3,(H,18,19). The maximum Gasteiger partial charge on any atom is 0.188 e. The zero-order chi connectivity index (χ0) is 14.1. The lowest BCUT2D eigenvalue weighted by atomic mass is 10.1. The van der Waals surface area contributed by atoms with Crippen LogP contribution in [0.25, 0.3) is 10.2 Å². The summed E-state index contributed by atoms with van der Waals surface area (Å²) in [6.07, 6.45) is 0. The van der Waals surface area contributed by atoms with Crippen molar-refractivity contribution in [2.24, 2.45) is 0 Å². The van der Waals surface area contributed by atoms with Gasteiger partial charge in [-0.1, -0.05) is 23.5 Å². The minimum Gasteiger partial charge on any atom is -0.331 e. The minimum absolute atomic E-state index is 0.648. The molecule has 0 amide bonds. The number of nitrogens with one attached hydrogen (secondary N) is 1. The molecule has 0 aliphatic carbocycles. The van der Waals surface area contributed by atoms with Crippen molar-refractivity contribution in [2.45, 2.75) is 13.8 Å². The van der Waals surface area contributed by atoms with Crippen molar-refractivity contribution in [1.82, 2.24) is 4.98 Å². The van der Waals surface area contributed by atoms with Crippen LogP contribution in [0.5, 0.6) is 0 Å². The molecule has 3 rings (SSSR count). The van der Waals surface area contributed by atoms with E-state index in [4.69, 9.17) is 5.26 Å². The second-order valence-corrected chi connectivity index (χ2v) is 5.79. The number of thiazole rings is 1. The van der Waals surface area contributed by atoms with E-state index in [9.17, 15) is 0 Å². The molecule has 3 nitrogen and oxygen atoms in total. The number of nitriles is 1. The fourth-order valence-corrected chi connectivity index (χ4v) is 2.89. The summed E-state index contributed by atoms with van der Waals surface area (Å²) in [7, 11) is 0. The number of benzene rings is 2. The van der Waals surface area contributed by atoms with Crippen molar-refractivity contribution < 1.29 is 0 Å². The van der Waals surface area contributed by atoms with Gasteiger partial charge in [0.25, 0.3) is 0 Å². The molecule has 0 aliphatic rings. The molecule has 4 heteroatoms. The topological polar surface area (TPSA) is 48.7 Å². The van der Waals surface area contributed by atoms with Crippen LogP contribution in [-0.4, -0.2) is 4.98 Å². The van der Waals surface area contributed by atoms with Gasteiger partial charge in [0, 0.05) is 5.69 Å². The van der Waals surface area contributed by atoms with Gasteiger partial charge in [-0.2, -0.15) is 5.26 Å². The molecular weight excluding hydrogens is 266 g/mol. The van der Waals surface area contributed by atoms with Gasteiger partial charge in [-0.15, -0.1) is 0 Å². The maximum atomic E-state index is 8.97.